The van der Waals surface area contributed by atoms with E-state index in [1.165, 1.54) is 32.2 Å². The normalized spacial score (nSPS) is 43.5. The molecule has 0 heterocycles. The molecule has 0 atom stereocenters. The predicted octanol–water partition coefficient (Wildman–Crippen LogP) is 1.79. The maximum atomic E-state index is 3.47. The quantitative estimate of drug-likeness (QED) is 0.628. The molecule has 3 fully saturated rings. The van der Waals surface area contributed by atoms with Gasteiger partial charge in [-0.3, -0.25) is 0 Å². The summed E-state index contributed by atoms with van der Waals surface area (Å²) in [6.07, 6.45) is 6.08. The van der Waals surface area contributed by atoms with Crippen LogP contribution in [0.15, 0.2) is 0 Å². The lowest BCUT2D eigenvalue weighted by Gasteiger charge is -2.38. The van der Waals surface area contributed by atoms with Gasteiger partial charge in [-0.1, -0.05) is 6.92 Å². The fourth-order valence-electron chi connectivity index (χ4n) is 2.71. The van der Waals surface area contributed by atoms with Crippen molar-refractivity contribution in [3.05, 3.63) is 0 Å². The van der Waals surface area contributed by atoms with E-state index in [9.17, 15) is 0 Å². The molecule has 3 rings (SSSR count). The zero-order chi connectivity index (χ0) is 7.03. The Kier molecular flexibility index (Phi) is 1.48. The largest absolute Gasteiger partial charge is 0.316 e. The van der Waals surface area contributed by atoms with E-state index >= 15 is 0 Å². The summed E-state index contributed by atoms with van der Waals surface area (Å²) in [7, 11) is 0. The fraction of sp³-hybridized carbons (Fsp3) is 1.00. The lowest BCUT2D eigenvalue weighted by Crippen LogP contribution is -2.38. The first-order valence-electron chi connectivity index (χ1n) is 4.55. The third kappa shape index (κ3) is 0.878. The van der Waals surface area contributed by atoms with Gasteiger partial charge in [-0.25, -0.2) is 0 Å². The Labute approximate surface area is 63.2 Å². The van der Waals surface area contributed by atoms with Crippen LogP contribution in [-0.4, -0.2) is 13.1 Å². The summed E-state index contributed by atoms with van der Waals surface area (Å²) in [6.45, 7) is 4.63. The standard InChI is InChI=1S/C9H17N/c1-2-10-7-9-4-3-8(5-9)6-9/h8,10H,2-7H2,1H3. The van der Waals surface area contributed by atoms with Crippen molar-refractivity contribution in [2.24, 2.45) is 11.3 Å². The summed E-state index contributed by atoms with van der Waals surface area (Å²) < 4.78 is 0. The molecule has 0 amide bonds. The molecule has 10 heavy (non-hydrogen) atoms. The van der Waals surface area contributed by atoms with Crippen molar-refractivity contribution in [2.45, 2.75) is 32.6 Å². The Bertz CT molecular complexity index is 119. The van der Waals surface area contributed by atoms with Crippen LogP contribution in [0.5, 0.6) is 0 Å². The van der Waals surface area contributed by atoms with Gasteiger partial charge in [-0.15, -0.1) is 0 Å². The minimum Gasteiger partial charge on any atom is -0.316 e. The monoisotopic (exact) mass is 139 g/mol. The molecular weight excluding hydrogens is 122 g/mol. The molecule has 0 saturated heterocycles. The highest BCUT2D eigenvalue weighted by Crippen LogP contribution is 2.58. The fourth-order valence-corrected chi connectivity index (χ4v) is 2.71. The van der Waals surface area contributed by atoms with Crippen LogP contribution in [0.2, 0.25) is 0 Å². The summed E-state index contributed by atoms with van der Waals surface area (Å²) in [6, 6.07) is 0. The van der Waals surface area contributed by atoms with Gasteiger partial charge in [0, 0.05) is 6.54 Å². The summed E-state index contributed by atoms with van der Waals surface area (Å²) in [5.74, 6) is 1.12. The van der Waals surface area contributed by atoms with Gasteiger partial charge in [0.2, 0.25) is 0 Å². The van der Waals surface area contributed by atoms with Crippen LogP contribution in [-0.2, 0) is 0 Å². The third-order valence-corrected chi connectivity index (χ3v) is 3.28. The second kappa shape index (κ2) is 2.23. The van der Waals surface area contributed by atoms with Crippen molar-refractivity contribution in [1.29, 1.82) is 0 Å². The molecule has 0 unspecified atom stereocenters. The van der Waals surface area contributed by atoms with Gasteiger partial charge < -0.3 is 5.32 Å². The first-order valence-corrected chi connectivity index (χ1v) is 4.55. The minimum absolute atomic E-state index is 0.778. The number of rotatable bonds is 3. The highest BCUT2D eigenvalue weighted by atomic mass is 14.9. The molecule has 1 heteroatoms. The zero-order valence-corrected chi connectivity index (χ0v) is 6.82. The van der Waals surface area contributed by atoms with Crippen LogP contribution < -0.4 is 5.32 Å². The topological polar surface area (TPSA) is 12.0 Å². The van der Waals surface area contributed by atoms with E-state index in [1.54, 1.807) is 0 Å². The Hall–Kier alpha value is -0.0400. The minimum atomic E-state index is 0.778. The molecule has 0 aliphatic heterocycles. The van der Waals surface area contributed by atoms with E-state index in [0.29, 0.717) is 0 Å². The van der Waals surface area contributed by atoms with Gasteiger partial charge in [-0.2, -0.15) is 0 Å². The van der Waals surface area contributed by atoms with E-state index in [0.717, 1.165) is 17.9 Å². The Morgan fingerprint density at radius 1 is 1.50 bits per heavy atom. The molecule has 1 N–H and O–H groups in total. The smallest absolute Gasteiger partial charge is 0.000790 e. The molecule has 0 aromatic carbocycles. The highest BCUT2D eigenvalue weighted by molar-refractivity contribution is 5.01. The van der Waals surface area contributed by atoms with Gasteiger partial charge in [0.15, 0.2) is 0 Å². The van der Waals surface area contributed by atoms with E-state index in [4.69, 9.17) is 0 Å². The molecule has 0 aromatic rings. The lowest BCUT2D eigenvalue weighted by molar-refractivity contribution is 0.142. The highest BCUT2D eigenvalue weighted by Gasteiger charge is 2.49. The summed E-state index contributed by atoms with van der Waals surface area (Å²) in [4.78, 5) is 0. The molecular formula is C9H17N. The molecule has 3 aliphatic rings. The van der Waals surface area contributed by atoms with Gasteiger partial charge in [-0.05, 0) is 43.6 Å². The first kappa shape index (κ1) is 6.66. The maximum Gasteiger partial charge on any atom is 0.000790 e. The van der Waals surface area contributed by atoms with Gasteiger partial charge in [0.1, 0.15) is 0 Å². The van der Waals surface area contributed by atoms with Crippen LogP contribution in [0.1, 0.15) is 32.6 Å². The summed E-state index contributed by atoms with van der Waals surface area (Å²) in [5, 5.41) is 3.47. The lowest BCUT2D eigenvalue weighted by atomic mass is 9.70. The second-order valence-electron chi connectivity index (χ2n) is 4.09. The Morgan fingerprint density at radius 3 is 2.80 bits per heavy atom. The van der Waals surface area contributed by atoms with Crippen LogP contribution in [0.3, 0.4) is 0 Å². The summed E-state index contributed by atoms with van der Waals surface area (Å²) >= 11 is 0. The first-order chi connectivity index (χ1) is 4.85. The summed E-state index contributed by atoms with van der Waals surface area (Å²) in [5.41, 5.74) is 0.778. The molecule has 58 valence electrons. The van der Waals surface area contributed by atoms with Gasteiger partial charge >= 0.3 is 0 Å². The third-order valence-electron chi connectivity index (χ3n) is 3.28. The molecule has 2 bridgehead atoms. The van der Waals surface area contributed by atoms with Crippen molar-refractivity contribution < 1.29 is 0 Å². The van der Waals surface area contributed by atoms with E-state index < -0.39 is 0 Å². The predicted molar refractivity (Wildman–Crippen MR) is 42.9 cm³/mol. The number of fused-ring (bicyclic) bond motifs is 1. The number of nitrogens with one attached hydrogen (secondary N) is 1. The van der Waals surface area contributed by atoms with Crippen molar-refractivity contribution >= 4 is 0 Å². The average Bonchev–Trinajstić information content (AvgIpc) is 2.39. The van der Waals surface area contributed by atoms with Crippen LogP contribution in [0, 0.1) is 11.3 Å². The van der Waals surface area contributed by atoms with E-state index in [-0.39, 0.29) is 0 Å². The second-order valence-corrected chi connectivity index (χ2v) is 4.09. The average molecular weight is 139 g/mol. The molecule has 0 radical (unpaired) electrons. The maximum absolute atomic E-state index is 3.47. The van der Waals surface area contributed by atoms with Crippen LogP contribution in [0.4, 0.5) is 0 Å². The number of hydrogen-bond acceptors (Lipinski definition) is 1. The molecule has 0 aromatic heterocycles. The van der Waals surface area contributed by atoms with Gasteiger partial charge in [0.05, 0.1) is 0 Å². The van der Waals surface area contributed by atoms with E-state index in [1.807, 2.05) is 0 Å². The SMILES string of the molecule is CCNCC12CCC(C1)C2. The molecule has 3 aliphatic carbocycles. The van der Waals surface area contributed by atoms with Crippen LogP contribution >= 0.6 is 0 Å². The van der Waals surface area contributed by atoms with Crippen LogP contribution in [0.25, 0.3) is 0 Å². The molecule has 3 saturated carbocycles. The molecule has 0 spiro atoms. The number of hydrogen-bond donors (Lipinski definition) is 1. The zero-order valence-electron chi connectivity index (χ0n) is 6.82. The van der Waals surface area contributed by atoms with E-state index in [2.05, 4.69) is 12.2 Å². The van der Waals surface area contributed by atoms with Gasteiger partial charge in [0.25, 0.3) is 0 Å². The molecule has 1 nitrogen and oxygen atoms in total. The van der Waals surface area contributed by atoms with Crippen molar-refractivity contribution in [3.8, 4) is 0 Å². The Morgan fingerprint density at radius 2 is 2.30 bits per heavy atom. The Balaban J connectivity index is 1.81. The van der Waals surface area contributed by atoms with Crippen molar-refractivity contribution in [3.63, 3.8) is 0 Å². The van der Waals surface area contributed by atoms with Crippen molar-refractivity contribution in [1.82, 2.24) is 5.32 Å². The van der Waals surface area contributed by atoms with Crippen molar-refractivity contribution in [2.75, 3.05) is 13.1 Å².